The molecule has 2 aliphatic heterocycles. The Labute approximate surface area is 72.3 Å². The summed E-state index contributed by atoms with van der Waals surface area (Å²) in [4.78, 5) is 2.40. The molecule has 2 aliphatic rings. The van der Waals surface area contributed by atoms with Crippen molar-refractivity contribution in [2.24, 2.45) is 0 Å². The van der Waals surface area contributed by atoms with Crippen LogP contribution in [0.15, 0.2) is 0 Å². The molecule has 2 heterocycles. The predicted molar refractivity (Wildman–Crippen MR) is 47.9 cm³/mol. The van der Waals surface area contributed by atoms with E-state index in [9.17, 15) is 0 Å². The molecule has 3 heteroatoms. The summed E-state index contributed by atoms with van der Waals surface area (Å²) in [6, 6.07) is 0. The number of rotatable bonds is 0. The molecule has 2 rings (SSSR count). The zero-order valence-electron chi connectivity index (χ0n) is 7.17. The second kappa shape index (κ2) is 2.64. The maximum absolute atomic E-state index is 5.58. The lowest BCUT2D eigenvalue weighted by atomic mass is 10.1. The Balaban J connectivity index is 2.02. The molecule has 0 aliphatic carbocycles. The number of hydrogen-bond donors (Lipinski definition) is 0. The van der Waals surface area contributed by atoms with Gasteiger partial charge in [0.25, 0.3) is 0 Å². The SMILES string of the molecule is C[C@@H]1OCC2(CCN(C)C2)S1. The van der Waals surface area contributed by atoms with Crippen LogP contribution in [-0.2, 0) is 4.74 Å². The minimum Gasteiger partial charge on any atom is -0.366 e. The molecule has 2 atom stereocenters. The topological polar surface area (TPSA) is 12.5 Å². The van der Waals surface area contributed by atoms with Gasteiger partial charge in [0, 0.05) is 6.54 Å². The average Bonchev–Trinajstić information content (AvgIpc) is 2.44. The van der Waals surface area contributed by atoms with Crippen molar-refractivity contribution in [3.63, 3.8) is 0 Å². The molecular weight excluding hydrogens is 158 g/mol. The number of hydrogen-bond acceptors (Lipinski definition) is 3. The Bertz CT molecular complexity index is 144. The molecule has 1 unspecified atom stereocenters. The van der Waals surface area contributed by atoms with E-state index in [1.54, 1.807) is 0 Å². The summed E-state index contributed by atoms with van der Waals surface area (Å²) in [6.07, 6.45) is 1.30. The molecule has 0 bridgehead atoms. The monoisotopic (exact) mass is 173 g/mol. The molecule has 2 nitrogen and oxygen atoms in total. The quantitative estimate of drug-likeness (QED) is 0.545. The first kappa shape index (κ1) is 7.90. The van der Waals surface area contributed by atoms with E-state index in [0.717, 1.165) is 6.61 Å². The van der Waals surface area contributed by atoms with Gasteiger partial charge in [0.2, 0.25) is 0 Å². The van der Waals surface area contributed by atoms with E-state index in [4.69, 9.17) is 4.74 Å². The van der Waals surface area contributed by atoms with E-state index in [1.807, 2.05) is 11.8 Å². The molecule has 2 saturated heterocycles. The molecule has 0 aromatic rings. The molecular formula is C8H15NOS. The van der Waals surface area contributed by atoms with Crippen LogP contribution in [0.1, 0.15) is 13.3 Å². The number of ether oxygens (including phenoxy) is 1. The van der Waals surface area contributed by atoms with Crippen molar-refractivity contribution < 1.29 is 4.74 Å². The third kappa shape index (κ3) is 1.42. The highest BCUT2D eigenvalue weighted by atomic mass is 32.2. The van der Waals surface area contributed by atoms with Crippen molar-refractivity contribution in [2.75, 3.05) is 26.7 Å². The molecule has 0 N–H and O–H groups in total. The third-order valence-electron chi connectivity index (χ3n) is 2.50. The Kier molecular flexibility index (Phi) is 1.90. The normalized spacial score (nSPS) is 45.8. The minimum absolute atomic E-state index is 0.418. The molecule has 0 radical (unpaired) electrons. The fourth-order valence-corrected chi connectivity index (χ4v) is 3.43. The molecule has 64 valence electrons. The Morgan fingerprint density at radius 3 is 2.91 bits per heavy atom. The van der Waals surface area contributed by atoms with Crippen molar-refractivity contribution >= 4 is 11.8 Å². The first-order valence-corrected chi connectivity index (χ1v) is 5.06. The van der Waals surface area contributed by atoms with Gasteiger partial charge in [-0.15, -0.1) is 11.8 Å². The van der Waals surface area contributed by atoms with E-state index in [2.05, 4.69) is 18.9 Å². The van der Waals surface area contributed by atoms with Crippen LogP contribution in [0, 0.1) is 0 Å². The van der Waals surface area contributed by atoms with Crippen molar-refractivity contribution in [1.29, 1.82) is 0 Å². The largest absolute Gasteiger partial charge is 0.366 e. The zero-order chi connectivity index (χ0) is 7.90. The Morgan fingerprint density at radius 2 is 2.45 bits per heavy atom. The van der Waals surface area contributed by atoms with Crippen molar-refractivity contribution in [2.45, 2.75) is 23.5 Å². The Morgan fingerprint density at radius 1 is 1.64 bits per heavy atom. The van der Waals surface area contributed by atoms with Gasteiger partial charge in [-0.05, 0) is 26.9 Å². The lowest BCUT2D eigenvalue weighted by Gasteiger charge is -2.19. The van der Waals surface area contributed by atoms with Gasteiger partial charge in [0.1, 0.15) is 5.44 Å². The molecule has 0 saturated carbocycles. The van der Waals surface area contributed by atoms with E-state index in [0.29, 0.717) is 10.2 Å². The fourth-order valence-electron chi connectivity index (χ4n) is 1.95. The lowest BCUT2D eigenvalue weighted by molar-refractivity contribution is 0.128. The second-order valence-electron chi connectivity index (χ2n) is 3.67. The van der Waals surface area contributed by atoms with Gasteiger partial charge >= 0.3 is 0 Å². The van der Waals surface area contributed by atoms with Gasteiger partial charge in [0.15, 0.2) is 0 Å². The zero-order valence-corrected chi connectivity index (χ0v) is 7.99. The van der Waals surface area contributed by atoms with Crippen LogP contribution in [0.3, 0.4) is 0 Å². The van der Waals surface area contributed by atoms with E-state index >= 15 is 0 Å². The van der Waals surface area contributed by atoms with E-state index in [1.165, 1.54) is 19.5 Å². The van der Waals surface area contributed by atoms with Gasteiger partial charge in [-0.2, -0.15) is 0 Å². The maximum atomic E-state index is 5.58. The van der Waals surface area contributed by atoms with Gasteiger partial charge in [-0.1, -0.05) is 0 Å². The summed E-state index contributed by atoms with van der Waals surface area (Å²) < 4.78 is 6.03. The highest BCUT2D eigenvalue weighted by molar-refractivity contribution is 8.01. The van der Waals surface area contributed by atoms with Crippen LogP contribution >= 0.6 is 11.8 Å². The summed E-state index contributed by atoms with van der Waals surface area (Å²) in [5, 5.41) is 0. The molecule has 0 aromatic heterocycles. The van der Waals surface area contributed by atoms with Crippen molar-refractivity contribution in [3.05, 3.63) is 0 Å². The van der Waals surface area contributed by atoms with Crippen molar-refractivity contribution in [3.8, 4) is 0 Å². The van der Waals surface area contributed by atoms with Crippen LogP contribution in [0.2, 0.25) is 0 Å². The molecule has 2 fully saturated rings. The predicted octanol–water partition coefficient (Wildman–Crippen LogP) is 1.17. The smallest absolute Gasteiger partial charge is 0.101 e. The van der Waals surface area contributed by atoms with E-state index < -0.39 is 0 Å². The van der Waals surface area contributed by atoms with Crippen LogP contribution in [0.5, 0.6) is 0 Å². The standard InChI is InChI=1S/C8H15NOS/c1-7-10-6-8(11-7)3-4-9(2)5-8/h7H,3-6H2,1-2H3/t7-,8?/m1/s1. The van der Waals surface area contributed by atoms with Gasteiger partial charge in [0.05, 0.1) is 11.4 Å². The third-order valence-corrected chi connectivity index (χ3v) is 3.92. The summed E-state index contributed by atoms with van der Waals surface area (Å²) in [5.74, 6) is 0. The van der Waals surface area contributed by atoms with Crippen molar-refractivity contribution in [1.82, 2.24) is 4.90 Å². The summed E-state index contributed by atoms with van der Waals surface area (Å²) in [6.45, 7) is 5.56. The van der Waals surface area contributed by atoms with Gasteiger partial charge in [-0.25, -0.2) is 0 Å². The van der Waals surface area contributed by atoms with E-state index in [-0.39, 0.29) is 0 Å². The fraction of sp³-hybridized carbons (Fsp3) is 1.00. The highest BCUT2D eigenvalue weighted by Crippen LogP contribution is 2.43. The number of nitrogens with zero attached hydrogens (tertiary/aromatic N) is 1. The number of likely N-dealkylation sites (tertiary alicyclic amines) is 1. The molecule has 0 amide bonds. The average molecular weight is 173 g/mol. The van der Waals surface area contributed by atoms with Crippen LogP contribution in [0.4, 0.5) is 0 Å². The molecule has 0 aromatic carbocycles. The summed E-state index contributed by atoms with van der Waals surface area (Å²) in [7, 11) is 2.19. The van der Waals surface area contributed by atoms with Crippen LogP contribution in [-0.4, -0.2) is 41.8 Å². The maximum Gasteiger partial charge on any atom is 0.101 e. The summed E-state index contributed by atoms with van der Waals surface area (Å²) in [5.41, 5.74) is 0.418. The van der Waals surface area contributed by atoms with Gasteiger partial charge < -0.3 is 9.64 Å². The highest BCUT2D eigenvalue weighted by Gasteiger charge is 2.43. The minimum atomic E-state index is 0.418. The second-order valence-corrected chi connectivity index (χ2v) is 5.43. The van der Waals surface area contributed by atoms with Crippen LogP contribution < -0.4 is 0 Å². The lowest BCUT2D eigenvalue weighted by Crippen LogP contribution is -2.29. The number of thioether (sulfide) groups is 1. The first-order valence-electron chi connectivity index (χ1n) is 4.18. The molecule has 11 heavy (non-hydrogen) atoms. The van der Waals surface area contributed by atoms with Gasteiger partial charge in [-0.3, -0.25) is 0 Å². The van der Waals surface area contributed by atoms with Crippen LogP contribution in [0.25, 0.3) is 0 Å². The summed E-state index contributed by atoms with van der Waals surface area (Å²) >= 11 is 2.02. The molecule has 1 spiro atoms. The first-order chi connectivity index (χ1) is 5.20. The Hall–Kier alpha value is 0.270.